The molecule has 0 bridgehead atoms. The lowest BCUT2D eigenvalue weighted by Gasteiger charge is -2.20. The predicted octanol–water partition coefficient (Wildman–Crippen LogP) is 7.23. The highest BCUT2D eigenvalue weighted by Crippen LogP contribution is 2.43. The molecule has 0 fully saturated rings. The molecule has 0 aromatic rings. The minimum absolute atomic E-state index is 0.0956. The molecule has 0 spiro atoms. The molecule has 0 radical (unpaired) electrons. The highest BCUT2D eigenvalue weighted by molar-refractivity contribution is 7.47. The molecule has 0 aromatic carbocycles. The normalized spacial score (nSPS) is 14.2. The van der Waals surface area contributed by atoms with Gasteiger partial charge < -0.3 is 20.1 Å². The van der Waals surface area contributed by atoms with Gasteiger partial charge in [-0.2, -0.15) is 0 Å². The summed E-state index contributed by atoms with van der Waals surface area (Å²) >= 11 is 0. The maximum absolute atomic E-state index is 12.1. The van der Waals surface area contributed by atoms with E-state index in [4.69, 9.17) is 24.3 Å². The molecule has 0 aromatic heterocycles. The van der Waals surface area contributed by atoms with Crippen molar-refractivity contribution in [3.05, 3.63) is 12.2 Å². The Morgan fingerprint density at radius 2 is 1.35 bits per heavy atom. The first-order valence-corrected chi connectivity index (χ1v) is 16.2. The molecule has 0 saturated carbocycles. The fraction of sp³-hybridized carbons (Fsp3) is 0.893. The van der Waals surface area contributed by atoms with Gasteiger partial charge in [0.15, 0.2) is 0 Å². The molecule has 0 saturated heterocycles. The molecule has 0 aliphatic carbocycles. The summed E-state index contributed by atoms with van der Waals surface area (Å²) in [7, 11) is -4.24. The zero-order valence-corrected chi connectivity index (χ0v) is 24.6. The Morgan fingerprint density at radius 3 is 1.97 bits per heavy atom. The second-order valence-corrected chi connectivity index (χ2v) is 11.1. The van der Waals surface area contributed by atoms with E-state index in [-0.39, 0.29) is 32.3 Å². The summed E-state index contributed by atoms with van der Waals surface area (Å²) in [6.45, 7) is 4.70. The molecule has 0 rings (SSSR count). The van der Waals surface area contributed by atoms with Crippen molar-refractivity contribution in [1.82, 2.24) is 0 Å². The van der Waals surface area contributed by atoms with Gasteiger partial charge in [-0.15, -0.1) is 0 Å². The molecule has 220 valence electrons. The van der Waals surface area contributed by atoms with Crippen molar-refractivity contribution in [2.45, 2.75) is 129 Å². The van der Waals surface area contributed by atoms with E-state index in [1.54, 1.807) is 0 Å². The first kappa shape index (κ1) is 36.2. The first-order valence-electron chi connectivity index (χ1n) is 14.7. The number of carbonyl (C=O) groups is 1. The summed E-state index contributed by atoms with van der Waals surface area (Å²) in [5.41, 5.74) is 5.29. The number of unbranched alkanes of at least 4 members (excludes halogenated alkanes) is 13. The van der Waals surface area contributed by atoms with Crippen LogP contribution in [-0.2, 0) is 27.9 Å². The second kappa shape index (κ2) is 26.8. The molecule has 0 aliphatic rings. The maximum atomic E-state index is 12.1. The van der Waals surface area contributed by atoms with Crippen LogP contribution in [0.5, 0.6) is 0 Å². The Morgan fingerprint density at radius 1 is 0.784 bits per heavy atom. The second-order valence-electron chi connectivity index (χ2n) is 9.61. The molecule has 0 aliphatic heterocycles. The molecule has 2 unspecified atom stereocenters. The number of hydrogen-bond acceptors (Lipinski definition) is 7. The number of carbonyl (C=O) groups excluding carboxylic acids is 1. The van der Waals surface area contributed by atoms with Gasteiger partial charge in [-0.05, 0) is 38.5 Å². The van der Waals surface area contributed by atoms with E-state index in [0.29, 0.717) is 13.0 Å². The highest BCUT2D eigenvalue weighted by Gasteiger charge is 2.25. The van der Waals surface area contributed by atoms with E-state index in [0.717, 1.165) is 32.1 Å². The lowest BCUT2D eigenvalue weighted by molar-refractivity contribution is -0.154. The minimum atomic E-state index is -4.24. The fourth-order valence-electron chi connectivity index (χ4n) is 3.75. The van der Waals surface area contributed by atoms with E-state index in [1.165, 1.54) is 70.6 Å². The number of phosphoric acid groups is 1. The molecule has 9 heteroatoms. The molecular weight excluding hydrogens is 493 g/mol. The maximum Gasteiger partial charge on any atom is 0.472 e. The Kier molecular flexibility index (Phi) is 26.3. The van der Waals surface area contributed by atoms with Crippen LogP contribution in [-0.4, -0.2) is 49.9 Å². The lowest BCUT2D eigenvalue weighted by atomic mass is 10.1. The summed E-state index contributed by atoms with van der Waals surface area (Å²) in [5, 5.41) is 0. The number of phosphoric ester groups is 1. The predicted molar refractivity (Wildman–Crippen MR) is 150 cm³/mol. The Hall–Kier alpha value is -0.760. The van der Waals surface area contributed by atoms with Crippen molar-refractivity contribution < 1.29 is 32.8 Å². The molecule has 8 nitrogen and oxygen atoms in total. The molecule has 37 heavy (non-hydrogen) atoms. The summed E-state index contributed by atoms with van der Waals surface area (Å²) < 4.78 is 32.7. The van der Waals surface area contributed by atoms with E-state index in [2.05, 4.69) is 26.0 Å². The van der Waals surface area contributed by atoms with Crippen LogP contribution < -0.4 is 5.73 Å². The van der Waals surface area contributed by atoms with Gasteiger partial charge in [-0.3, -0.25) is 13.8 Å². The number of esters is 1. The van der Waals surface area contributed by atoms with E-state index >= 15 is 0 Å². The van der Waals surface area contributed by atoms with Crippen LogP contribution in [0, 0.1) is 0 Å². The third-order valence-corrected chi connectivity index (χ3v) is 6.92. The molecule has 0 amide bonds. The number of rotatable bonds is 28. The quantitative estimate of drug-likeness (QED) is 0.0454. The standard InChI is InChI=1S/C28H56NO7P/c1-3-5-7-8-9-10-11-12-13-14-15-16-17-18-20-23-33-25-27(36-28(30)21-19-6-4-2)26-35-37(31,32)34-24-22-29/h11-12,27H,3-10,13-26,29H2,1-2H3,(H,31,32)/b12-11-. The Bertz CT molecular complexity index is 589. The van der Waals surface area contributed by atoms with Gasteiger partial charge in [0.05, 0.1) is 19.8 Å². The average molecular weight is 550 g/mol. The van der Waals surface area contributed by atoms with Crippen LogP contribution in [0.1, 0.15) is 123 Å². The fourth-order valence-corrected chi connectivity index (χ4v) is 4.52. The third kappa shape index (κ3) is 26.6. The van der Waals surface area contributed by atoms with Crippen LogP contribution in [0.3, 0.4) is 0 Å². The van der Waals surface area contributed by atoms with E-state index in [1.807, 2.05) is 0 Å². The number of hydrogen-bond donors (Lipinski definition) is 2. The number of allylic oxidation sites excluding steroid dienone is 2. The summed E-state index contributed by atoms with van der Waals surface area (Å²) in [4.78, 5) is 21.8. The third-order valence-electron chi connectivity index (χ3n) is 5.93. The zero-order chi connectivity index (χ0) is 27.5. The van der Waals surface area contributed by atoms with Crippen LogP contribution in [0.15, 0.2) is 12.2 Å². The van der Waals surface area contributed by atoms with Gasteiger partial charge in [0.2, 0.25) is 0 Å². The van der Waals surface area contributed by atoms with Crippen molar-refractivity contribution in [2.75, 3.05) is 33.0 Å². The van der Waals surface area contributed by atoms with Gasteiger partial charge in [0.25, 0.3) is 0 Å². The lowest BCUT2D eigenvalue weighted by Crippen LogP contribution is -2.28. The van der Waals surface area contributed by atoms with Crippen molar-refractivity contribution in [3.8, 4) is 0 Å². The summed E-state index contributed by atoms with van der Waals surface area (Å²) in [6, 6.07) is 0. The number of ether oxygens (including phenoxy) is 2. The highest BCUT2D eigenvalue weighted by atomic mass is 31.2. The summed E-state index contributed by atoms with van der Waals surface area (Å²) in [6.07, 6.45) is 22.9. The van der Waals surface area contributed by atoms with E-state index < -0.39 is 13.9 Å². The zero-order valence-electron chi connectivity index (χ0n) is 23.7. The van der Waals surface area contributed by atoms with Gasteiger partial charge >= 0.3 is 13.8 Å². The Labute approximate surface area is 226 Å². The van der Waals surface area contributed by atoms with Gasteiger partial charge in [0.1, 0.15) is 6.10 Å². The van der Waals surface area contributed by atoms with E-state index in [9.17, 15) is 14.3 Å². The number of nitrogens with two attached hydrogens (primary N) is 1. The topological polar surface area (TPSA) is 117 Å². The van der Waals surface area contributed by atoms with Crippen LogP contribution >= 0.6 is 7.82 Å². The van der Waals surface area contributed by atoms with Crippen molar-refractivity contribution in [3.63, 3.8) is 0 Å². The average Bonchev–Trinajstić information content (AvgIpc) is 2.88. The van der Waals surface area contributed by atoms with Crippen LogP contribution in [0.2, 0.25) is 0 Å². The Balaban J connectivity index is 3.95. The smallest absolute Gasteiger partial charge is 0.457 e. The van der Waals surface area contributed by atoms with Gasteiger partial charge in [-0.25, -0.2) is 4.57 Å². The SMILES string of the molecule is CCCCCCC/C=C\CCCCCCCCOCC(COP(=O)(O)OCCN)OC(=O)CCCCC. The molecule has 0 heterocycles. The largest absolute Gasteiger partial charge is 0.472 e. The van der Waals surface area contributed by atoms with Crippen molar-refractivity contribution >= 4 is 13.8 Å². The van der Waals surface area contributed by atoms with Gasteiger partial charge in [0, 0.05) is 19.6 Å². The van der Waals surface area contributed by atoms with Crippen molar-refractivity contribution in [1.29, 1.82) is 0 Å². The monoisotopic (exact) mass is 549 g/mol. The van der Waals surface area contributed by atoms with Crippen LogP contribution in [0.25, 0.3) is 0 Å². The minimum Gasteiger partial charge on any atom is -0.457 e. The van der Waals surface area contributed by atoms with Crippen LogP contribution in [0.4, 0.5) is 0 Å². The molecular formula is C28H56NO7P. The summed E-state index contributed by atoms with van der Waals surface area (Å²) in [5.74, 6) is -0.358. The first-order chi connectivity index (χ1) is 17.9. The molecule has 2 atom stereocenters. The van der Waals surface area contributed by atoms with Gasteiger partial charge in [-0.1, -0.05) is 90.2 Å². The molecule has 3 N–H and O–H groups in total. The van der Waals surface area contributed by atoms with Crippen molar-refractivity contribution in [2.24, 2.45) is 5.73 Å².